The van der Waals surface area contributed by atoms with Crippen LogP contribution in [0.15, 0.2) is 0 Å². The molecule has 0 heterocycles. The highest BCUT2D eigenvalue weighted by Crippen LogP contribution is 2.37. The van der Waals surface area contributed by atoms with Gasteiger partial charge in [0.15, 0.2) is 0 Å². The maximum absolute atomic E-state index is 2.38. The summed E-state index contributed by atoms with van der Waals surface area (Å²) in [5.74, 6) is 18.6. The fraction of sp³-hybridized carbons (Fsp3) is 1.00. The second kappa shape index (κ2) is 39.5. The van der Waals surface area contributed by atoms with Crippen LogP contribution in [0.25, 0.3) is 0 Å². The summed E-state index contributed by atoms with van der Waals surface area (Å²) in [4.78, 5) is 0. The number of hydrogen-bond acceptors (Lipinski definition) is 0. The second-order valence-electron chi connectivity index (χ2n) is 27.7. The normalized spacial score (nSPS) is 40.0. The van der Waals surface area contributed by atoms with Crippen molar-refractivity contribution < 1.29 is 0 Å². The highest BCUT2D eigenvalue weighted by Gasteiger charge is 2.25. The zero-order chi connectivity index (χ0) is 51.0. The Hall–Kier alpha value is 0. The molecule has 0 bridgehead atoms. The van der Waals surface area contributed by atoms with Gasteiger partial charge in [0.1, 0.15) is 0 Å². The van der Waals surface area contributed by atoms with E-state index in [-0.39, 0.29) is 0 Å². The third kappa shape index (κ3) is 31.6. The van der Waals surface area contributed by atoms with Gasteiger partial charge in [0.2, 0.25) is 0 Å². The smallest absolute Gasteiger partial charge is 0.0389 e. The molecule has 0 aromatic rings. The Morgan fingerprint density at radius 2 is 0.471 bits per heavy atom. The van der Waals surface area contributed by atoms with Crippen LogP contribution in [-0.2, 0) is 0 Å². The van der Waals surface area contributed by atoms with Crippen molar-refractivity contribution >= 4 is 0 Å². The molecule has 0 radical (unpaired) electrons. The fourth-order valence-corrected chi connectivity index (χ4v) is 13.7. The van der Waals surface area contributed by atoms with Gasteiger partial charge in [0.05, 0.1) is 0 Å². The largest absolute Gasteiger partial charge is 0.0651 e. The first kappa shape index (κ1) is 66.0. The first-order valence-electron chi connectivity index (χ1n) is 32.3. The molecular formula is C68H136. The Morgan fingerprint density at radius 1 is 0.206 bits per heavy atom. The Kier molecular flexibility index (Phi) is 38.3. The summed E-state index contributed by atoms with van der Waals surface area (Å²) in [6.45, 7) is 42.3. The van der Waals surface area contributed by atoms with E-state index < -0.39 is 0 Å². The van der Waals surface area contributed by atoms with E-state index in [2.05, 4.69) is 125 Å². The molecule has 0 saturated heterocycles. The molecule has 68 heavy (non-hydrogen) atoms. The van der Waals surface area contributed by atoms with E-state index in [9.17, 15) is 0 Å². The summed E-state index contributed by atoms with van der Waals surface area (Å²) in [5, 5.41) is 0. The molecule has 0 heteroatoms. The van der Waals surface area contributed by atoms with E-state index in [1.807, 2.05) is 0 Å². The average molecular weight is 954 g/mol. The van der Waals surface area contributed by atoms with Crippen LogP contribution in [-0.4, -0.2) is 0 Å². The zero-order valence-corrected chi connectivity index (χ0v) is 51.0. The summed E-state index contributed by atoms with van der Waals surface area (Å²) < 4.78 is 0. The monoisotopic (exact) mass is 953 g/mol. The van der Waals surface area contributed by atoms with Crippen LogP contribution < -0.4 is 0 Å². The van der Waals surface area contributed by atoms with E-state index in [0.29, 0.717) is 0 Å². The lowest BCUT2D eigenvalue weighted by Gasteiger charge is -2.29. The van der Waals surface area contributed by atoms with Crippen molar-refractivity contribution in [2.75, 3.05) is 0 Å². The molecule has 0 amide bonds. The summed E-state index contributed by atoms with van der Waals surface area (Å²) >= 11 is 0. The molecular weight excluding hydrogens is 817 g/mol. The molecule has 0 aliphatic heterocycles. The number of hydrogen-bond donors (Lipinski definition) is 0. The van der Waals surface area contributed by atoms with Crippen molar-refractivity contribution in [1.82, 2.24) is 0 Å². The molecule has 14 unspecified atom stereocenters. The molecule has 408 valence electrons. The maximum Gasteiger partial charge on any atom is -0.0389 e. The predicted octanol–water partition coefficient (Wildman–Crippen LogP) is 23.9. The van der Waals surface area contributed by atoms with Crippen LogP contribution >= 0.6 is 0 Å². The van der Waals surface area contributed by atoms with Crippen LogP contribution in [0.4, 0.5) is 0 Å². The summed E-state index contributed by atoms with van der Waals surface area (Å²) in [5.41, 5.74) is 0. The summed E-state index contributed by atoms with van der Waals surface area (Å²) in [6, 6.07) is 0. The highest BCUT2D eigenvalue weighted by molar-refractivity contribution is 4.76. The zero-order valence-electron chi connectivity index (χ0n) is 51.0. The van der Waals surface area contributed by atoms with E-state index in [1.54, 1.807) is 0 Å². The van der Waals surface area contributed by atoms with Crippen molar-refractivity contribution in [2.45, 2.75) is 330 Å². The Bertz CT molecular complexity index is 1010. The van der Waals surface area contributed by atoms with E-state index >= 15 is 0 Å². The van der Waals surface area contributed by atoms with Crippen molar-refractivity contribution in [3.63, 3.8) is 0 Å². The highest BCUT2D eigenvalue weighted by atomic mass is 14.3. The molecule has 9 aliphatic carbocycles. The lowest BCUT2D eigenvalue weighted by molar-refractivity contribution is 0.219. The van der Waals surface area contributed by atoms with Gasteiger partial charge in [-0.1, -0.05) is 298 Å². The molecule has 0 spiro atoms. The van der Waals surface area contributed by atoms with Crippen LogP contribution in [0.1, 0.15) is 330 Å². The Balaban J connectivity index is 0.000000384. The third-order valence-electron chi connectivity index (χ3n) is 20.6. The molecule has 9 saturated carbocycles. The van der Waals surface area contributed by atoms with E-state index in [0.717, 1.165) is 107 Å². The van der Waals surface area contributed by atoms with Crippen LogP contribution in [0.5, 0.6) is 0 Å². The number of rotatable bonds is 4. The molecule has 9 fully saturated rings. The lowest BCUT2D eigenvalue weighted by Crippen LogP contribution is -2.18. The molecule has 0 N–H and O–H groups in total. The van der Waals surface area contributed by atoms with Crippen molar-refractivity contribution in [2.24, 2.45) is 107 Å². The molecule has 14 atom stereocenters. The van der Waals surface area contributed by atoms with Gasteiger partial charge < -0.3 is 0 Å². The second-order valence-corrected chi connectivity index (χ2v) is 27.7. The summed E-state index contributed by atoms with van der Waals surface area (Å²) in [7, 11) is 0. The van der Waals surface area contributed by atoms with Gasteiger partial charge >= 0.3 is 0 Å². The SMILES string of the molecule is CC1CC(C)C1.CC1CCC(C)C1.CC1CCC(C)CC1.CC1CCC1C.CC1CCCC(C)C1.CC1CCCC1C.CC1CCCCC1C.CCC1CCC(CC)C1.CCC1CCCC1CC. The topological polar surface area (TPSA) is 0 Å². The fourth-order valence-electron chi connectivity index (χ4n) is 13.7. The van der Waals surface area contributed by atoms with Gasteiger partial charge in [-0.15, -0.1) is 0 Å². The van der Waals surface area contributed by atoms with Crippen LogP contribution in [0.3, 0.4) is 0 Å². The molecule has 0 aromatic carbocycles. The third-order valence-corrected chi connectivity index (χ3v) is 20.6. The standard InChI is InChI=1S/2C9H18.3C8H16.2C7H14.2C6H12/c1-3-8-5-6-9(4-2)7-8;1-3-8-6-5-7-9(8)4-2;1-7-3-5-8(2)6-4-7;1-7-4-3-5-8(2)6-7;1-7-5-3-4-6-8(7)2;1-6-3-4-7(2)5-6;1-6-4-3-5-7(6)2;1-5-3-6(2)4-5;1-5-3-4-6(5)2/h2*8-9H,3-7H2,1-2H3;3*7-8H,3-6H2,1-2H3;2*6-7H,3-5H2,1-2H3;2*5-6H,3-4H2,1-2H3. The van der Waals surface area contributed by atoms with Gasteiger partial charge in [-0.2, -0.15) is 0 Å². The van der Waals surface area contributed by atoms with Crippen molar-refractivity contribution in [3.05, 3.63) is 0 Å². The minimum absolute atomic E-state index is 1.00. The minimum atomic E-state index is 1.00. The van der Waals surface area contributed by atoms with Crippen molar-refractivity contribution in [1.29, 1.82) is 0 Å². The van der Waals surface area contributed by atoms with Crippen LogP contribution in [0.2, 0.25) is 0 Å². The Labute approximate surface area is 434 Å². The first-order valence-corrected chi connectivity index (χ1v) is 32.3. The average Bonchev–Trinajstić information content (AvgIpc) is 4.15. The molecule has 9 rings (SSSR count). The lowest BCUT2D eigenvalue weighted by atomic mass is 9.77. The molecule has 9 aliphatic rings. The summed E-state index contributed by atoms with van der Waals surface area (Å²) in [6.07, 6.45) is 47.1. The maximum atomic E-state index is 2.38. The van der Waals surface area contributed by atoms with Gasteiger partial charge in [-0.05, 0) is 139 Å². The predicted molar refractivity (Wildman–Crippen MR) is 313 cm³/mol. The van der Waals surface area contributed by atoms with Gasteiger partial charge in [-0.3, -0.25) is 0 Å². The van der Waals surface area contributed by atoms with Gasteiger partial charge in [0.25, 0.3) is 0 Å². The molecule has 0 nitrogen and oxygen atoms in total. The minimum Gasteiger partial charge on any atom is -0.0651 e. The van der Waals surface area contributed by atoms with E-state index in [4.69, 9.17) is 0 Å². The molecule has 0 aromatic heterocycles. The van der Waals surface area contributed by atoms with Gasteiger partial charge in [-0.25, -0.2) is 0 Å². The van der Waals surface area contributed by atoms with Gasteiger partial charge in [0, 0.05) is 0 Å². The first-order chi connectivity index (χ1) is 32.3. The van der Waals surface area contributed by atoms with Crippen molar-refractivity contribution in [3.8, 4) is 0 Å². The Morgan fingerprint density at radius 3 is 0.662 bits per heavy atom. The van der Waals surface area contributed by atoms with Crippen LogP contribution in [0, 0.1) is 107 Å². The van der Waals surface area contributed by atoms with E-state index in [1.165, 1.54) is 205 Å². The quantitative estimate of drug-likeness (QED) is 0.263.